The molecule has 104 valence electrons. The lowest BCUT2D eigenvalue weighted by atomic mass is 10.1. The Kier molecular flexibility index (Phi) is 9.25. The van der Waals surface area contributed by atoms with Crippen LogP contribution in [0.25, 0.3) is 0 Å². The Morgan fingerprint density at radius 1 is 1.17 bits per heavy atom. The molecule has 0 rings (SSSR count). The van der Waals surface area contributed by atoms with Crippen molar-refractivity contribution in [1.82, 2.24) is 0 Å². The summed E-state index contributed by atoms with van der Waals surface area (Å²) in [6.45, 7) is 8.04. The van der Waals surface area contributed by atoms with Crippen LogP contribution in [0.2, 0.25) is 0 Å². The van der Waals surface area contributed by atoms with Gasteiger partial charge in [-0.15, -0.1) is 0 Å². The summed E-state index contributed by atoms with van der Waals surface area (Å²) in [6.07, 6.45) is 6.66. The van der Waals surface area contributed by atoms with Gasteiger partial charge in [-0.3, -0.25) is 4.79 Å². The normalized spacial score (nSPS) is 11.7. The van der Waals surface area contributed by atoms with E-state index in [0.717, 1.165) is 32.1 Å². The number of ether oxygens (including phenoxy) is 1. The molecule has 0 atom stereocenters. The van der Waals surface area contributed by atoms with E-state index in [-0.39, 0.29) is 11.4 Å². The number of Topliss-reactive ketones (excluding diaryl/α,β-unsaturated/α-hetero) is 1. The van der Waals surface area contributed by atoms with E-state index in [0.29, 0.717) is 12.5 Å². The van der Waals surface area contributed by atoms with Crippen molar-refractivity contribution in [1.29, 1.82) is 0 Å². The number of ketones is 1. The van der Waals surface area contributed by atoms with Gasteiger partial charge in [0.2, 0.25) is 0 Å². The Morgan fingerprint density at radius 3 is 2.33 bits per heavy atom. The first kappa shape index (κ1) is 16.9. The van der Waals surface area contributed by atoms with Crippen molar-refractivity contribution in [3.05, 3.63) is 11.6 Å². The van der Waals surface area contributed by atoms with Gasteiger partial charge in [0.25, 0.3) is 0 Å². The van der Waals surface area contributed by atoms with E-state index in [4.69, 9.17) is 4.74 Å². The Labute approximate surface area is 111 Å². The second kappa shape index (κ2) is 9.86. The highest BCUT2D eigenvalue weighted by Gasteiger charge is 2.15. The predicted molar refractivity (Wildman–Crippen MR) is 73.3 cm³/mol. The molecule has 18 heavy (non-hydrogen) atoms. The molecule has 3 nitrogen and oxygen atoms in total. The van der Waals surface area contributed by atoms with Crippen LogP contribution in [0.1, 0.15) is 59.8 Å². The zero-order valence-electron chi connectivity index (χ0n) is 12.1. The van der Waals surface area contributed by atoms with Crippen molar-refractivity contribution >= 4 is 11.8 Å². The fourth-order valence-electron chi connectivity index (χ4n) is 1.50. The molecular formula is C15H26O3. The standard InChI is InChI=1S/C15H26O3/c1-5-6-7-8-11-18-15(17)14(13(4)16)10-9-12(2)3/h10,12H,5-9,11H2,1-4H3. The van der Waals surface area contributed by atoms with Gasteiger partial charge >= 0.3 is 5.97 Å². The summed E-state index contributed by atoms with van der Waals surface area (Å²) < 4.78 is 5.12. The van der Waals surface area contributed by atoms with E-state index in [1.54, 1.807) is 6.08 Å². The minimum absolute atomic E-state index is 0.194. The van der Waals surface area contributed by atoms with E-state index >= 15 is 0 Å². The maximum absolute atomic E-state index is 11.7. The number of hydrogen-bond donors (Lipinski definition) is 0. The van der Waals surface area contributed by atoms with Crippen LogP contribution in [0, 0.1) is 5.92 Å². The minimum atomic E-state index is -0.473. The fraction of sp³-hybridized carbons (Fsp3) is 0.733. The van der Waals surface area contributed by atoms with Gasteiger partial charge in [0.15, 0.2) is 5.78 Å². The third kappa shape index (κ3) is 8.04. The van der Waals surface area contributed by atoms with Crippen LogP contribution in [-0.2, 0) is 14.3 Å². The summed E-state index contributed by atoms with van der Waals surface area (Å²) in [5.41, 5.74) is 0.194. The van der Waals surface area contributed by atoms with Crippen molar-refractivity contribution in [2.45, 2.75) is 59.8 Å². The van der Waals surface area contributed by atoms with E-state index in [9.17, 15) is 9.59 Å². The SMILES string of the molecule is CCCCCCOC(=O)C(=CCC(C)C)C(C)=O. The number of carbonyl (C=O) groups excluding carboxylic acids is 2. The number of carbonyl (C=O) groups is 2. The van der Waals surface area contributed by atoms with E-state index in [2.05, 4.69) is 6.92 Å². The van der Waals surface area contributed by atoms with Gasteiger partial charge < -0.3 is 4.74 Å². The molecule has 0 aromatic heterocycles. The number of hydrogen-bond acceptors (Lipinski definition) is 3. The van der Waals surface area contributed by atoms with Gasteiger partial charge in [-0.2, -0.15) is 0 Å². The van der Waals surface area contributed by atoms with Gasteiger partial charge in [0.1, 0.15) is 0 Å². The van der Waals surface area contributed by atoms with Crippen LogP contribution >= 0.6 is 0 Å². The van der Waals surface area contributed by atoms with Crippen LogP contribution in [0.3, 0.4) is 0 Å². The third-order valence-corrected chi connectivity index (χ3v) is 2.62. The Hall–Kier alpha value is -1.12. The van der Waals surface area contributed by atoms with Gasteiger partial charge in [-0.05, 0) is 25.7 Å². The zero-order chi connectivity index (χ0) is 14.0. The second-order valence-electron chi connectivity index (χ2n) is 5.00. The zero-order valence-corrected chi connectivity index (χ0v) is 12.1. The van der Waals surface area contributed by atoms with Gasteiger partial charge in [0, 0.05) is 0 Å². The molecule has 0 amide bonds. The fourth-order valence-corrected chi connectivity index (χ4v) is 1.50. The molecule has 0 aliphatic heterocycles. The molecule has 0 heterocycles. The lowest BCUT2D eigenvalue weighted by Gasteiger charge is -2.07. The minimum Gasteiger partial charge on any atom is -0.462 e. The lowest BCUT2D eigenvalue weighted by Crippen LogP contribution is -2.14. The molecule has 0 aliphatic carbocycles. The molecule has 0 bridgehead atoms. The molecule has 0 radical (unpaired) electrons. The Morgan fingerprint density at radius 2 is 1.83 bits per heavy atom. The van der Waals surface area contributed by atoms with Gasteiger partial charge in [-0.25, -0.2) is 4.79 Å². The largest absolute Gasteiger partial charge is 0.462 e. The molecule has 3 heteroatoms. The molecule has 0 N–H and O–H groups in total. The van der Waals surface area contributed by atoms with Gasteiger partial charge in [-0.1, -0.05) is 46.1 Å². The summed E-state index contributed by atoms with van der Waals surface area (Å²) in [5, 5.41) is 0. The smallest absolute Gasteiger partial charge is 0.341 e. The number of unbranched alkanes of at least 4 members (excludes halogenated alkanes) is 3. The monoisotopic (exact) mass is 254 g/mol. The molecule has 0 aromatic rings. The molecular weight excluding hydrogens is 228 g/mol. The van der Waals surface area contributed by atoms with Crippen LogP contribution in [0.4, 0.5) is 0 Å². The topological polar surface area (TPSA) is 43.4 Å². The maximum Gasteiger partial charge on any atom is 0.341 e. The summed E-state index contributed by atoms with van der Waals surface area (Å²) in [6, 6.07) is 0. The molecule has 0 saturated heterocycles. The van der Waals surface area contributed by atoms with Crippen molar-refractivity contribution in [3.63, 3.8) is 0 Å². The van der Waals surface area contributed by atoms with Crippen LogP contribution < -0.4 is 0 Å². The Balaban J connectivity index is 4.16. The summed E-state index contributed by atoms with van der Waals surface area (Å²) in [4.78, 5) is 23.1. The highest BCUT2D eigenvalue weighted by molar-refractivity contribution is 6.16. The first-order chi connectivity index (χ1) is 8.49. The molecule has 0 fully saturated rings. The summed E-state index contributed by atoms with van der Waals surface area (Å²) in [5.74, 6) is -0.259. The third-order valence-electron chi connectivity index (χ3n) is 2.62. The molecule has 0 unspecified atom stereocenters. The molecule has 0 aliphatic rings. The highest BCUT2D eigenvalue weighted by Crippen LogP contribution is 2.08. The molecule has 0 spiro atoms. The lowest BCUT2D eigenvalue weighted by molar-refractivity contribution is -0.140. The van der Waals surface area contributed by atoms with Crippen LogP contribution in [-0.4, -0.2) is 18.4 Å². The van der Waals surface area contributed by atoms with Crippen LogP contribution in [0.15, 0.2) is 11.6 Å². The van der Waals surface area contributed by atoms with Crippen molar-refractivity contribution < 1.29 is 14.3 Å². The quantitative estimate of drug-likeness (QED) is 0.207. The first-order valence-electron chi connectivity index (χ1n) is 6.87. The summed E-state index contributed by atoms with van der Waals surface area (Å²) in [7, 11) is 0. The maximum atomic E-state index is 11.7. The molecule has 0 saturated carbocycles. The van der Waals surface area contributed by atoms with Crippen LogP contribution in [0.5, 0.6) is 0 Å². The first-order valence-corrected chi connectivity index (χ1v) is 6.87. The average Bonchev–Trinajstić information content (AvgIpc) is 2.28. The highest BCUT2D eigenvalue weighted by atomic mass is 16.5. The number of esters is 1. The average molecular weight is 254 g/mol. The van der Waals surface area contributed by atoms with Crippen molar-refractivity contribution in [2.75, 3.05) is 6.61 Å². The van der Waals surface area contributed by atoms with E-state index < -0.39 is 5.97 Å². The summed E-state index contributed by atoms with van der Waals surface area (Å²) >= 11 is 0. The van der Waals surface area contributed by atoms with E-state index in [1.807, 2.05) is 13.8 Å². The second-order valence-corrected chi connectivity index (χ2v) is 5.00. The van der Waals surface area contributed by atoms with E-state index in [1.165, 1.54) is 6.92 Å². The van der Waals surface area contributed by atoms with Crippen molar-refractivity contribution in [3.8, 4) is 0 Å². The number of rotatable bonds is 9. The number of allylic oxidation sites excluding steroid dienone is 1. The Bertz CT molecular complexity index is 290. The molecule has 0 aromatic carbocycles. The van der Waals surface area contributed by atoms with Crippen molar-refractivity contribution in [2.24, 2.45) is 5.92 Å². The van der Waals surface area contributed by atoms with Gasteiger partial charge in [0.05, 0.1) is 12.2 Å². The predicted octanol–water partition coefficient (Wildman–Crippen LogP) is 3.67.